The molecule has 0 aliphatic carbocycles. The molecule has 1 N–H and O–H groups in total. The van der Waals surface area contributed by atoms with Crippen molar-refractivity contribution in [2.75, 3.05) is 51.3 Å². The molecule has 0 saturated carbocycles. The van der Waals surface area contributed by atoms with Crippen LogP contribution in [0.1, 0.15) is 5.56 Å². The Balaban J connectivity index is 1.69. The molecule has 1 aromatic heterocycles. The third-order valence-corrected chi connectivity index (χ3v) is 4.57. The Morgan fingerprint density at radius 3 is 2.77 bits per heavy atom. The van der Waals surface area contributed by atoms with Gasteiger partial charge in [0.25, 0.3) is 5.82 Å². The van der Waals surface area contributed by atoms with E-state index in [2.05, 4.69) is 37.1 Å². The average Bonchev–Trinajstić information content (AvgIpc) is 2.65. The van der Waals surface area contributed by atoms with Gasteiger partial charge in [0.2, 0.25) is 0 Å². The van der Waals surface area contributed by atoms with Crippen LogP contribution in [0.2, 0.25) is 0 Å². The summed E-state index contributed by atoms with van der Waals surface area (Å²) < 4.78 is 8.36. The number of fused-ring (bicyclic) bond motifs is 1. The molecule has 0 atom stereocenters. The van der Waals surface area contributed by atoms with Crippen molar-refractivity contribution < 1.29 is 14.1 Å². The fourth-order valence-corrected chi connectivity index (χ4v) is 3.56. The van der Waals surface area contributed by atoms with Gasteiger partial charge in [-0.1, -0.05) is 0 Å². The van der Waals surface area contributed by atoms with Crippen LogP contribution in [-0.4, -0.2) is 61.6 Å². The first kappa shape index (κ1) is 15.9. The molecule has 1 saturated heterocycles. The molecule has 3 heterocycles. The lowest BCUT2D eigenvalue weighted by molar-refractivity contribution is -0.657. The zero-order chi connectivity index (χ0) is 15.5. The molecule has 0 bridgehead atoms. The van der Waals surface area contributed by atoms with Gasteiger partial charge in [-0.2, -0.15) is 0 Å². The number of aromatic nitrogens is 1. The van der Waals surface area contributed by atoms with E-state index in [-0.39, 0.29) is 5.91 Å². The van der Waals surface area contributed by atoms with Crippen LogP contribution in [0.15, 0.2) is 16.7 Å². The highest BCUT2D eigenvalue weighted by molar-refractivity contribution is 9.10. The summed E-state index contributed by atoms with van der Waals surface area (Å²) in [7, 11) is 1.95. The third kappa shape index (κ3) is 3.84. The van der Waals surface area contributed by atoms with E-state index in [1.807, 2.05) is 17.8 Å². The minimum absolute atomic E-state index is 0.0543. The number of amides is 1. The number of anilines is 1. The van der Waals surface area contributed by atoms with Crippen LogP contribution < -0.4 is 9.88 Å². The summed E-state index contributed by atoms with van der Waals surface area (Å²) in [6, 6.07) is 2.09. The molecule has 6 nitrogen and oxygen atoms in total. The number of carbonyl (C=O) groups excluding carboxylic acids is 1. The van der Waals surface area contributed by atoms with Gasteiger partial charge in [0.1, 0.15) is 12.7 Å². The fraction of sp³-hybridized carbons (Fsp3) is 0.600. The Hall–Kier alpha value is -1.02. The van der Waals surface area contributed by atoms with E-state index in [4.69, 9.17) is 4.74 Å². The highest BCUT2D eigenvalue weighted by Gasteiger charge is 2.27. The highest BCUT2D eigenvalue weighted by atomic mass is 79.9. The van der Waals surface area contributed by atoms with Gasteiger partial charge in [0.15, 0.2) is 0 Å². The fourth-order valence-electron chi connectivity index (χ4n) is 2.97. The Bertz CT molecular complexity index is 561. The first-order valence-electron chi connectivity index (χ1n) is 7.62. The van der Waals surface area contributed by atoms with Crippen molar-refractivity contribution in [3.8, 4) is 0 Å². The monoisotopic (exact) mass is 369 g/mol. The van der Waals surface area contributed by atoms with Gasteiger partial charge in [-0.05, 0) is 22.0 Å². The molecular weight excluding hydrogens is 348 g/mol. The van der Waals surface area contributed by atoms with Crippen molar-refractivity contribution in [2.24, 2.45) is 7.05 Å². The third-order valence-electron chi connectivity index (χ3n) is 4.14. The second-order valence-corrected chi connectivity index (χ2v) is 6.77. The molecular formula is C15H22BrN4O2+. The van der Waals surface area contributed by atoms with E-state index in [9.17, 15) is 4.79 Å². The van der Waals surface area contributed by atoms with Gasteiger partial charge in [-0.3, -0.25) is 9.80 Å². The van der Waals surface area contributed by atoms with Crippen molar-refractivity contribution in [1.82, 2.24) is 9.80 Å². The topological polar surface area (TPSA) is 48.7 Å². The maximum Gasteiger partial charge on any atom is 0.321 e. The number of morpholine rings is 1. The van der Waals surface area contributed by atoms with E-state index in [1.54, 1.807) is 0 Å². The molecule has 0 radical (unpaired) electrons. The Morgan fingerprint density at radius 2 is 2.00 bits per heavy atom. The highest BCUT2D eigenvalue weighted by Crippen LogP contribution is 2.20. The molecule has 0 aromatic carbocycles. The Morgan fingerprint density at radius 1 is 1.27 bits per heavy atom. The van der Waals surface area contributed by atoms with Crippen LogP contribution in [0.3, 0.4) is 0 Å². The second-order valence-electron chi connectivity index (χ2n) is 5.86. The molecule has 3 rings (SSSR count). The van der Waals surface area contributed by atoms with Gasteiger partial charge >= 0.3 is 5.91 Å². The largest absolute Gasteiger partial charge is 0.379 e. The number of rotatable bonds is 3. The van der Waals surface area contributed by atoms with Crippen LogP contribution >= 0.6 is 15.9 Å². The molecule has 1 aromatic rings. The minimum atomic E-state index is 0.0543. The van der Waals surface area contributed by atoms with Crippen LogP contribution in [0, 0.1) is 0 Å². The molecule has 7 heteroatoms. The quantitative estimate of drug-likeness (QED) is 0.781. The lowest BCUT2D eigenvalue weighted by atomic mass is 10.2. The second kappa shape index (κ2) is 7.04. The van der Waals surface area contributed by atoms with E-state index in [0.717, 1.165) is 61.8 Å². The summed E-state index contributed by atoms with van der Waals surface area (Å²) >= 11 is 3.53. The predicted molar refractivity (Wildman–Crippen MR) is 86.5 cm³/mol. The van der Waals surface area contributed by atoms with Crippen molar-refractivity contribution >= 4 is 27.7 Å². The summed E-state index contributed by atoms with van der Waals surface area (Å²) in [5.41, 5.74) is 1.14. The number of aryl methyl sites for hydroxylation is 1. The summed E-state index contributed by atoms with van der Waals surface area (Å²) in [5.74, 6) is 0.945. The number of halogens is 1. The summed E-state index contributed by atoms with van der Waals surface area (Å²) in [6.45, 7) is 6.68. The lowest BCUT2D eigenvalue weighted by Crippen LogP contribution is -2.42. The normalized spacial score (nSPS) is 20.4. The van der Waals surface area contributed by atoms with Crippen LogP contribution in [0.5, 0.6) is 0 Å². The van der Waals surface area contributed by atoms with Crippen LogP contribution in [-0.2, 0) is 23.1 Å². The molecule has 22 heavy (non-hydrogen) atoms. The minimum Gasteiger partial charge on any atom is -0.379 e. The molecule has 2 aliphatic heterocycles. The predicted octanol–water partition coefficient (Wildman–Crippen LogP) is 0.360. The first-order valence-corrected chi connectivity index (χ1v) is 8.41. The molecule has 1 amide bonds. The van der Waals surface area contributed by atoms with E-state index in [1.165, 1.54) is 0 Å². The number of hydrogen-bond donors (Lipinski definition) is 1. The Labute approximate surface area is 139 Å². The van der Waals surface area contributed by atoms with E-state index < -0.39 is 0 Å². The van der Waals surface area contributed by atoms with Crippen molar-refractivity contribution in [1.29, 1.82) is 0 Å². The number of hydrogen-bond acceptors (Lipinski definition) is 4. The number of nitrogens with one attached hydrogen (secondary N) is 1. The first-order chi connectivity index (χ1) is 10.6. The van der Waals surface area contributed by atoms with Gasteiger partial charge in [0.05, 0.1) is 30.3 Å². The van der Waals surface area contributed by atoms with Crippen molar-refractivity contribution in [3.05, 3.63) is 22.3 Å². The van der Waals surface area contributed by atoms with Crippen LogP contribution in [0.4, 0.5) is 5.82 Å². The molecule has 2 aliphatic rings. The molecule has 0 spiro atoms. The number of ether oxygens (including phenoxy) is 1. The van der Waals surface area contributed by atoms with Gasteiger partial charge in [-0.25, -0.2) is 14.7 Å². The maximum absolute atomic E-state index is 12.1. The zero-order valence-corrected chi connectivity index (χ0v) is 14.4. The Kier molecular flexibility index (Phi) is 5.07. The van der Waals surface area contributed by atoms with Gasteiger partial charge in [0, 0.05) is 32.7 Å². The summed E-state index contributed by atoms with van der Waals surface area (Å²) in [6.07, 6.45) is 1.96. The molecule has 0 unspecified atom stereocenters. The van der Waals surface area contributed by atoms with Crippen molar-refractivity contribution in [2.45, 2.75) is 6.54 Å². The van der Waals surface area contributed by atoms with Gasteiger partial charge < -0.3 is 4.74 Å². The number of nitrogens with zero attached hydrogens (tertiary/aromatic N) is 3. The maximum atomic E-state index is 12.1. The summed E-state index contributed by atoms with van der Waals surface area (Å²) in [5, 5.41) is 3.01. The van der Waals surface area contributed by atoms with Crippen molar-refractivity contribution in [3.63, 3.8) is 0 Å². The SMILES string of the molecule is C[n+]1cc(Br)cc2c1NC(=O)CN(CCN1CCOCC1)C2. The zero-order valence-electron chi connectivity index (χ0n) is 12.8. The van der Waals surface area contributed by atoms with E-state index >= 15 is 0 Å². The molecule has 120 valence electrons. The number of carbonyl (C=O) groups is 1. The molecule has 1 fully saturated rings. The standard InChI is InChI=1S/C15H21BrN4O2/c1-18-10-13(16)8-12-9-20(11-14(21)17-15(12)18)3-2-19-4-6-22-7-5-19/h8,10H,2-7,9,11H2,1H3/p+1. The smallest absolute Gasteiger partial charge is 0.321 e. The summed E-state index contributed by atoms with van der Waals surface area (Å²) in [4.78, 5) is 16.7. The lowest BCUT2D eigenvalue weighted by Gasteiger charge is -2.29. The van der Waals surface area contributed by atoms with Gasteiger partial charge in [-0.15, -0.1) is 0 Å². The number of pyridine rings is 1. The average molecular weight is 370 g/mol. The van der Waals surface area contributed by atoms with Crippen LogP contribution in [0.25, 0.3) is 0 Å². The van der Waals surface area contributed by atoms with E-state index in [0.29, 0.717) is 6.54 Å².